The van der Waals surface area contributed by atoms with Gasteiger partial charge in [0.25, 0.3) is 0 Å². The van der Waals surface area contributed by atoms with Crippen molar-refractivity contribution in [3.63, 3.8) is 0 Å². The Kier molecular flexibility index (Phi) is 6.46. The van der Waals surface area contributed by atoms with Crippen LogP contribution in [0.5, 0.6) is 5.75 Å². The van der Waals surface area contributed by atoms with E-state index in [1.807, 2.05) is 42.5 Å². The summed E-state index contributed by atoms with van der Waals surface area (Å²) < 4.78 is 33.1. The highest BCUT2D eigenvalue weighted by Gasteiger charge is 2.39. The molecule has 8 heteroatoms. The molecule has 3 aromatic rings. The van der Waals surface area contributed by atoms with Gasteiger partial charge in [-0.2, -0.15) is 4.31 Å². The van der Waals surface area contributed by atoms with Crippen molar-refractivity contribution in [1.29, 1.82) is 0 Å². The van der Waals surface area contributed by atoms with Gasteiger partial charge in [0.05, 0.1) is 11.4 Å². The molecule has 0 saturated carbocycles. The van der Waals surface area contributed by atoms with Gasteiger partial charge in [-0.05, 0) is 48.6 Å². The van der Waals surface area contributed by atoms with E-state index in [4.69, 9.17) is 16.3 Å². The molecular weight excluding hydrogens is 436 g/mol. The van der Waals surface area contributed by atoms with Crippen LogP contribution in [0, 0.1) is 0 Å². The van der Waals surface area contributed by atoms with Gasteiger partial charge < -0.3 is 10.1 Å². The summed E-state index contributed by atoms with van der Waals surface area (Å²) >= 11 is 5.86. The molecule has 1 amide bonds. The summed E-state index contributed by atoms with van der Waals surface area (Å²) in [5.41, 5.74) is 0. The number of fused-ring (bicyclic) bond motifs is 1. The summed E-state index contributed by atoms with van der Waals surface area (Å²) in [6, 6.07) is 19.0. The Hall–Kier alpha value is -2.61. The molecule has 0 aliphatic carbocycles. The van der Waals surface area contributed by atoms with Gasteiger partial charge in [-0.25, -0.2) is 8.42 Å². The molecule has 1 heterocycles. The molecule has 4 rings (SSSR count). The maximum Gasteiger partial charge on any atom is 0.243 e. The van der Waals surface area contributed by atoms with E-state index in [1.165, 1.54) is 28.6 Å². The zero-order valence-corrected chi connectivity index (χ0v) is 18.4. The van der Waals surface area contributed by atoms with Gasteiger partial charge in [0.1, 0.15) is 18.4 Å². The van der Waals surface area contributed by atoms with Crippen LogP contribution < -0.4 is 10.1 Å². The summed E-state index contributed by atoms with van der Waals surface area (Å²) in [6.45, 7) is 0.888. The van der Waals surface area contributed by atoms with E-state index >= 15 is 0 Å². The van der Waals surface area contributed by atoms with Crippen LogP contribution in [-0.2, 0) is 14.8 Å². The van der Waals surface area contributed by atoms with E-state index in [1.54, 1.807) is 0 Å². The zero-order valence-electron chi connectivity index (χ0n) is 16.8. The number of nitrogens with one attached hydrogen (secondary N) is 1. The van der Waals surface area contributed by atoms with Gasteiger partial charge in [-0.1, -0.05) is 48.0 Å². The number of hydrogen-bond acceptors (Lipinski definition) is 4. The lowest BCUT2D eigenvalue weighted by Gasteiger charge is -2.23. The third-order valence-corrected chi connectivity index (χ3v) is 7.51. The quantitative estimate of drug-likeness (QED) is 0.546. The van der Waals surface area contributed by atoms with Crippen LogP contribution in [0.25, 0.3) is 10.8 Å². The minimum absolute atomic E-state index is 0.135. The van der Waals surface area contributed by atoms with Crippen molar-refractivity contribution >= 4 is 38.3 Å². The molecule has 1 aliphatic rings. The van der Waals surface area contributed by atoms with Crippen LogP contribution in [0.4, 0.5) is 0 Å². The predicted molar refractivity (Wildman–Crippen MR) is 121 cm³/mol. The summed E-state index contributed by atoms with van der Waals surface area (Å²) in [7, 11) is -3.76. The molecule has 0 bridgehead atoms. The lowest BCUT2D eigenvalue weighted by molar-refractivity contribution is -0.124. The topological polar surface area (TPSA) is 75.7 Å². The van der Waals surface area contributed by atoms with Crippen LogP contribution in [-0.4, -0.2) is 44.4 Å². The number of carbonyl (C=O) groups is 1. The third-order valence-electron chi connectivity index (χ3n) is 5.34. The average Bonchev–Trinajstić information content (AvgIpc) is 3.28. The molecule has 0 unspecified atom stereocenters. The van der Waals surface area contributed by atoms with Gasteiger partial charge in [-0.3, -0.25) is 4.79 Å². The Morgan fingerprint density at radius 3 is 2.61 bits per heavy atom. The van der Waals surface area contributed by atoms with Crippen molar-refractivity contribution in [1.82, 2.24) is 9.62 Å². The highest BCUT2D eigenvalue weighted by atomic mass is 35.5. The first-order valence-corrected chi connectivity index (χ1v) is 11.9. The number of benzene rings is 3. The first-order valence-electron chi connectivity index (χ1n) is 10.1. The number of rotatable bonds is 7. The monoisotopic (exact) mass is 458 g/mol. The molecule has 0 radical (unpaired) electrons. The van der Waals surface area contributed by atoms with Crippen molar-refractivity contribution in [2.75, 3.05) is 19.7 Å². The third kappa shape index (κ3) is 4.69. The van der Waals surface area contributed by atoms with E-state index < -0.39 is 16.1 Å². The van der Waals surface area contributed by atoms with Crippen LogP contribution >= 0.6 is 11.6 Å². The number of halogens is 1. The molecule has 0 spiro atoms. The summed E-state index contributed by atoms with van der Waals surface area (Å²) in [5, 5.41) is 5.36. The number of hydrogen-bond donors (Lipinski definition) is 1. The summed E-state index contributed by atoms with van der Waals surface area (Å²) in [5.74, 6) is 0.441. The number of ether oxygens (including phenoxy) is 1. The van der Waals surface area contributed by atoms with Gasteiger partial charge in [0, 0.05) is 17.0 Å². The van der Waals surface area contributed by atoms with E-state index in [-0.39, 0.29) is 24.0 Å². The number of nitrogens with zero attached hydrogens (tertiary/aromatic N) is 1. The minimum atomic E-state index is -3.76. The Balaban J connectivity index is 1.36. The Morgan fingerprint density at radius 2 is 1.81 bits per heavy atom. The molecule has 1 fully saturated rings. The molecule has 1 saturated heterocycles. The number of sulfonamides is 1. The van der Waals surface area contributed by atoms with Crippen molar-refractivity contribution in [3.8, 4) is 5.75 Å². The van der Waals surface area contributed by atoms with Gasteiger partial charge in [-0.15, -0.1) is 0 Å². The second-order valence-electron chi connectivity index (χ2n) is 7.34. The Labute approximate surface area is 186 Å². The van der Waals surface area contributed by atoms with Crippen LogP contribution in [0.2, 0.25) is 5.02 Å². The highest BCUT2D eigenvalue weighted by Crippen LogP contribution is 2.27. The second kappa shape index (κ2) is 9.26. The second-order valence-corrected chi connectivity index (χ2v) is 9.67. The first-order chi connectivity index (χ1) is 15.0. The fourth-order valence-electron chi connectivity index (χ4n) is 3.81. The molecule has 1 aliphatic heterocycles. The van der Waals surface area contributed by atoms with Crippen molar-refractivity contribution in [2.24, 2.45) is 0 Å². The minimum Gasteiger partial charge on any atom is -0.491 e. The van der Waals surface area contributed by atoms with Gasteiger partial charge in [0.15, 0.2) is 0 Å². The fraction of sp³-hybridized carbons (Fsp3) is 0.261. The fourth-order valence-corrected chi connectivity index (χ4v) is 5.59. The molecule has 6 nitrogen and oxygen atoms in total. The van der Waals surface area contributed by atoms with Crippen molar-refractivity contribution in [2.45, 2.75) is 23.8 Å². The summed E-state index contributed by atoms with van der Waals surface area (Å²) in [6.07, 6.45) is 1.13. The SMILES string of the molecule is O=C(NCCOc1cccc2ccccc12)[C@H]1CCCN1S(=O)(=O)c1ccc(Cl)cc1. The average molecular weight is 459 g/mol. The largest absolute Gasteiger partial charge is 0.491 e. The Bertz CT molecular complexity index is 1180. The number of amides is 1. The Morgan fingerprint density at radius 1 is 1.06 bits per heavy atom. The lowest BCUT2D eigenvalue weighted by Crippen LogP contribution is -2.46. The van der Waals surface area contributed by atoms with Crippen LogP contribution in [0.3, 0.4) is 0 Å². The standard InChI is InChI=1S/C23H23ClN2O4S/c24-18-10-12-19(13-11-18)31(28,29)26-15-4-8-21(26)23(27)25-14-16-30-22-9-3-6-17-5-1-2-7-20(17)22/h1-3,5-7,9-13,21H,4,8,14-16H2,(H,25,27)/t21-/m1/s1. The van der Waals surface area contributed by atoms with Gasteiger partial charge in [0.2, 0.25) is 15.9 Å². The normalized spacial score (nSPS) is 17.0. The molecular formula is C23H23ClN2O4S. The molecule has 3 aromatic carbocycles. The van der Waals surface area contributed by atoms with E-state index in [9.17, 15) is 13.2 Å². The molecule has 1 atom stereocenters. The first kappa shape index (κ1) is 21.6. The van der Waals surface area contributed by atoms with Crippen molar-refractivity contribution < 1.29 is 17.9 Å². The van der Waals surface area contributed by atoms with E-state index in [2.05, 4.69) is 5.32 Å². The van der Waals surface area contributed by atoms with E-state index in [0.29, 0.717) is 24.4 Å². The number of carbonyl (C=O) groups excluding carboxylic acids is 1. The predicted octanol–water partition coefficient (Wildman–Crippen LogP) is 3.84. The van der Waals surface area contributed by atoms with E-state index in [0.717, 1.165) is 16.5 Å². The lowest BCUT2D eigenvalue weighted by atomic mass is 10.1. The molecule has 162 valence electrons. The van der Waals surface area contributed by atoms with Crippen LogP contribution in [0.1, 0.15) is 12.8 Å². The molecule has 0 aromatic heterocycles. The smallest absolute Gasteiger partial charge is 0.243 e. The van der Waals surface area contributed by atoms with Crippen LogP contribution in [0.15, 0.2) is 71.6 Å². The maximum absolute atomic E-state index is 13.0. The molecule has 1 N–H and O–H groups in total. The summed E-state index contributed by atoms with van der Waals surface area (Å²) in [4.78, 5) is 12.9. The zero-order chi connectivity index (χ0) is 21.8. The van der Waals surface area contributed by atoms with Gasteiger partial charge >= 0.3 is 0 Å². The maximum atomic E-state index is 13.0. The highest BCUT2D eigenvalue weighted by molar-refractivity contribution is 7.89. The molecule has 31 heavy (non-hydrogen) atoms. The van der Waals surface area contributed by atoms with Crippen molar-refractivity contribution in [3.05, 3.63) is 71.8 Å².